The SMILES string of the molecule is Cc1c(C(=O)N[C@H](C)c2ccc(F)cc2F)oc2c1C(=O)CCC2. The molecule has 1 amide bonds. The Hall–Kier alpha value is -2.50. The number of nitrogens with one attached hydrogen (secondary N) is 1. The average molecular weight is 333 g/mol. The molecule has 0 aliphatic heterocycles. The number of furan rings is 1. The molecule has 1 aromatic carbocycles. The third-order valence-corrected chi connectivity index (χ3v) is 4.29. The van der Waals surface area contributed by atoms with Crippen molar-refractivity contribution in [2.24, 2.45) is 0 Å². The van der Waals surface area contributed by atoms with Crippen molar-refractivity contribution in [1.82, 2.24) is 5.32 Å². The molecule has 1 atom stereocenters. The molecule has 0 saturated carbocycles. The van der Waals surface area contributed by atoms with Gasteiger partial charge in [-0.25, -0.2) is 8.78 Å². The van der Waals surface area contributed by atoms with E-state index in [2.05, 4.69) is 5.32 Å². The molecule has 1 heterocycles. The van der Waals surface area contributed by atoms with Crippen molar-refractivity contribution < 1.29 is 22.8 Å². The lowest BCUT2D eigenvalue weighted by Gasteiger charge is -2.14. The predicted molar refractivity (Wildman–Crippen MR) is 83.0 cm³/mol. The highest BCUT2D eigenvalue weighted by Gasteiger charge is 2.29. The van der Waals surface area contributed by atoms with E-state index in [9.17, 15) is 18.4 Å². The topological polar surface area (TPSA) is 59.3 Å². The van der Waals surface area contributed by atoms with Crippen LogP contribution in [0, 0.1) is 18.6 Å². The van der Waals surface area contributed by atoms with Crippen molar-refractivity contribution in [2.45, 2.75) is 39.2 Å². The van der Waals surface area contributed by atoms with E-state index in [4.69, 9.17) is 4.42 Å². The number of amides is 1. The van der Waals surface area contributed by atoms with E-state index in [-0.39, 0.29) is 17.1 Å². The van der Waals surface area contributed by atoms with Gasteiger partial charge in [-0.15, -0.1) is 0 Å². The second kappa shape index (κ2) is 6.19. The fourth-order valence-corrected chi connectivity index (χ4v) is 3.06. The first-order valence-corrected chi connectivity index (χ1v) is 7.79. The lowest BCUT2D eigenvalue weighted by molar-refractivity contribution is 0.0905. The van der Waals surface area contributed by atoms with Gasteiger partial charge in [0.05, 0.1) is 11.6 Å². The van der Waals surface area contributed by atoms with Crippen molar-refractivity contribution in [3.05, 3.63) is 58.0 Å². The summed E-state index contributed by atoms with van der Waals surface area (Å²) in [6.07, 6.45) is 1.78. The number of hydrogen-bond acceptors (Lipinski definition) is 3. The van der Waals surface area contributed by atoms with Gasteiger partial charge in [0.1, 0.15) is 17.4 Å². The van der Waals surface area contributed by atoms with Crippen molar-refractivity contribution >= 4 is 11.7 Å². The van der Waals surface area contributed by atoms with Gasteiger partial charge in [-0.1, -0.05) is 6.07 Å². The Labute approximate surface area is 137 Å². The number of ketones is 1. The van der Waals surface area contributed by atoms with E-state index in [0.29, 0.717) is 36.1 Å². The second-order valence-electron chi connectivity index (χ2n) is 5.99. The molecule has 1 N–H and O–H groups in total. The Balaban J connectivity index is 1.84. The molecule has 24 heavy (non-hydrogen) atoms. The molecule has 0 saturated heterocycles. The maximum absolute atomic E-state index is 13.8. The number of aryl methyl sites for hydroxylation is 1. The molecule has 0 fully saturated rings. The summed E-state index contributed by atoms with van der Waals surface area (Å²) in [4.78, 5) is 24.4. The Bertz CT molecular complexity index is 826. The molecule has 3 rings (SSSR count). The molecule has 1 aliphatic rings. The zero-order chi connectivity index (χ0) is 17.4. The Kier molecular flexibility index (Phi) is 4.22. The molecule has 0 radical (unpaired) electrons. The molecule has 0 unspecified atom stereocenters. The zero-order valence-electron chi connectivity index (χ0n) is 13.4. The van der Waals surface area contributed by atoms with Crippen LogP contribution in [0.1, 0.15) is 63.6 Å². The Morgan fingerprint density at radius 1 is 1.29 bits per heavy atom. The van der Waals surface area contributed by atoms with Gasteiger partial charge in [-0.2, -0.15) is 0 Å². The summed E-state index contributed by atoms with van der Waals surface area (Å²) in [7, 11) is 0. The third-order valence-electron chi connectivity index (χ3n) is 4.29. The Morgan fingerprint density at radius 3 is 2.71 bits per heavy atom. The summed E-state index contributed by atoms with van der Waals surface area (Å²) >= 11 is 0. The number of Topliss-reactive ketones (excluding diaryl/α,β-unsaturated/α-hetero) is 1. The molecule has 126 valence electrons. The van der Waals surface area contributed by atoms with Crippen LogP contribution < -0.4 is 5.32 Å². The monoisotopic (exact) mass is 333 g/mol. The molecule has 1 aliphatic carbocycles. The molecular weight excluding hydrogens is 316 g/mol. The van der Waals surface area contributed by atoms with Crippen LogP contribution in [0.25, 0.3) is 0 Å². The van der Waals surface area contributed by atoms with E-state index in [0.717, 1.165) is 12.1 Å². The van der Waals surface area contributed by atoms with Crippen LogP contribution in [0.3, 0.4) is 0 Å². The lowest BCUT2D eigenvalue weighted by Crippen LogP contribution is -2.27. The summed E-state index contributed by atoms with van der Waals surface area (Å²) < 4.78 is 32.4. The predicted octanol–water partition coefficient (Wildman–Crippen LogP) is 3.88. The van der Waals surface area contributed by atoms with Crippen LogP contribution in [0.4, 0.5) is 8.78 Å². The van der Waals surface area contributed by atoms with Crippen molar-refractivity contribution in [3.63, 3.8) is 0 Å². The number of hydrogen-bond donors (Lipinski definition) is 1. The van der Waals surface area contributed by atoms with Crippen molar-refractivity contribution in [2.75, 3.05) is 0 Å². The normalized spacial score (nSPS) is 15.1. The summed E-state index contributed by atoms with van der Waals surface area (Å²) in [6, 6.07) is 2.53. The minimum absolute atomic E-state index is 0.0193. The maximum atomic E-state index is 13.8. The first kappa shape index (κ1) is 16.4. The van der Waals surface area contributed by atoms with Gasteiger partial charge in [-0.05, 0) is 26.3 Å². The first-order chi connectivity index (χ1) is 11.4. The molecule has 0 spiro atoms. The summed E-state index contributed by atoms with van der Waals surface area (Å²) in [5.74, 6) is -1.34. The minimum Gasteiger partial charge on any atom is -0.455 e. The fourth-order valence-electron chi connectivity index (χ4n) is 3.06. The van der Waals surface area contributed by atoms with Crippen molar-refractivity contribution in [3.8, 4) is 0 Å². The van der Waals surface area contributed by atoms with E-state index in [1.165, 1.54) is 6.07 Å². The highest BCUT2D eigenvalue weighted by molar-refractivity contribution is 6.03. The van der Waals surface area contributed by atoms with Gasteiger partial charge in [0.15, 0.2) is 11.5 Å². The second-order valence-corrected chi connectivity index (χ2v) is 5.99. The zero-order valence-corrected chi connectivity index (χ0v) is 13.4. The maximum Gasteiger partial charge on any atom is 0.287 e. The summed E-state index contributed by atoms with van der Waals surface area (Å²) in [5, 5.41) is 2.63. The largest absolute Gasteiger partial charge is 0.455 e. The highest BCUT2D eigenvalue weighted by Crippen LogP contribution is 2.29. The molecule has 1 aromatic heterocycles. The molecule has 4 nitrogen and oxygen atoms in total. The third kappa shape index (κ3) is 2.84. The highest BCUT2D eigenvalue weighted by atomic mass is 19.1. The smallest absolute Gasteiger partial charge is 0.287 e. The van der Waals surface area contributed by atoms with Gasteiger partial charge in [-0.3, -0.25) is 9.59 Å². The number of carbonyl (C=O) groups excluding carboxylic acids is 2. The number of fused-ring (bicyclic) bond motifs is 1. The molecule has 2 aromatic rings. The van der Waals surface area contributed by atoms with Gasteiger partial charge in [0, 0.05) is 30.0 Å². The van der Waals surface area contributed by atoms with Crippen LogP contribution in [-0.4, -0.2) is 11.7 Å². The molecule has 0 bridgehead atoms. The van der Waals surface area contributed by atoms with Gasteiger partial charge in [0.2, 0.25) is 0 Å². The van der Waals surface area contributed by atoms with E-state index >= 15 is 0 Å². The number of carbonyl (C=O) groups is 2. The minimum atomic E-state index is -0.728. The van der Waals surface area contributed by atoms with Crippen LogP contribution in [-0.2, 0) is 6.42 Å². The lowest BCUT2D eigenvalue weighted by atomic mass is 9.94. The van der Waals surface area contributed by atoms with Crippen LogP contribution >= 0.6 is 0 Å². The van der Waals surface area contributed by atoms with Gasteiger partial charge in [0.25, 0.3) is 5.91 Å². The van der Waals surface area contributed by atoms with Crippen LogP contribution in [0.5, 0.6) is 0 Å². The standard InChI is InChI=1S/C18H17F2NO3/c1-9-16-14(22)4-3-5-15(16)24-17(9)18(23)21-10(2)12-7-6-11(19)8-13(12)20/h6-8,10H,3-5H2,1-2H3,(H,21,23)/t10-/m1/s1. The van der Waals surface area contributed by atoms with E-state index in [1.807, 2.05) is 0 Å². The van der Waals surface area contributed by atoms with Crippen LogP contribution in [0.15, 0.2) is 22.6 Å². The first-order valence-electron chi connectivity index (χ1n) is 7.79. The average Bonchev–Trinajstić information content (AvgIpc) is 2.85. The molecule has 6 heteroatoms. The summed E-state index contributed by atoms with van der Waals surface area (Å²) in [6.45, 7) is 3.27. The fraction of sp³-hybridized carbons (Fsp3) is 0.333. The number of rotatable bonds is 3. The van der Waals surface area contributed by atoms with E-state index in [1.54, 1.807) is 13.8 Å². The van der Waals surface area contributed by atoms with Gasteiger partial charge >= 0.3 is 0 Å². The number of halogens is 2. The van der Waals surface area contributed by atoms with Crippen molar-refractivity contribution in [1.29, 1.82) is 0 Å². The Morgan fingerprint density at radius 2 is 2.04 bits per heavy atom. The number of benzene rings is 1. The quantitative estimate of drug-likeness (QED) is 0.927. The molecular formula is C18H17F2NO3. The van der Waals surface area contributed by atoms with Gasteiger partial charge < -0.3 is 9.73 Å². The summed E-state index contributed by atoms with van der Waals surface area (Å²) in [5.41, 5.74) is 1.18. The van der Waals surface area contributed by atoms with Crippen LogP contribution in [0.2, 0.25) is 0 Å². The van der Waals surface area contributed by atoms with E-state index < -0.39 is 23.6 Å².